The molecule has 1 aromatic carbocycles. The molecule has 1 aliphatic rings. The highest BCUT2D eigenvalue weighted by atomic mass is 16.1. The zero-order valence-electron chi connectivity index (χ0n) is 17.7. The van der Waals surface area contributed by atoms with Crippen LogP contribution < -0.4 is 21.5 Å². The van der Waals surface area contributed by atoms with Gasteiger partial charge in [-0.3, -0.25) is 18.7 Å². The van der Waals surface area contributed by atoms with E-state index in [1.54, 1.807) is 38.2 Å². The molecule has 0 saturated carbocycles. The molecule has 0 spiro atoms. The van der Waals surface area contributed by atoms with Crippen LogP contribution in [0.4, 0.5) is 17.6 Å². The number of imidazole rings is 1. The molecule has 0 aliphatic carbocycles. The Balaban J connectivity index is 1.85. The van der Waals surface area contributed by atoms with Gasteiger partial charge in [0.25, 0.3) is 11.5 Å². The summed E-state index contributed by atoms with van der Waals surface area (Å²) in [6, 6.07) is 6.83. The molecule has 0 radical (unpaired) electrons. The van der Waals surface area contributed by atoms with Crippen molar-refractivity contribution in [2.75, 3.05) is 23.3 Å². The van der Waals surface area contributed by atoms with Crippen LogP contribution in [0.2, 0.25) is 0 Å². The number of anilines is 3. The molecule has 9 nitrogen and oxygen atoms in total. The van der Waals surface area contributed by atoms with Gasteiger partial charge in [-0.1, -0.05) is 18.1 Å². The Morgan fingerprint density at radius 2 is 1.94 bits per heavy atom. The third kappa shape index (κ3) is 3.84. The number of carbonyl (C=O) groups excluding carboxylic acids is 1. The third-order valence-corrected chi connectivity index (χ3v) is 5.46. The SMILES string of the molecule is CC#CCn1c(N2CCCCC2)nc2nc(Nc3ccccc3C(N)=O)n(C)c(=O)c21. The summed E-state index contributed by atoms with van der Waals surface area (Å²) in [4.78, 5) is 36.6. The minimum Gasteiger partial charge on any atom is -0.366 e. The fourth-order valence-electron chi connectivity index (χ4n) is 3.83. The quantitative estimate of drug-likeness (QED) is 0.612. The van der Waals surface area contributed by atoms with Gasteiger partial charge in [0.15, 0.2) is 11.2 Å². The van der Waals surface area contributed by atoms with Crippen LogP contribution in [0.1, 0.15) is 36.5 Å². The highest BCUT2D eigenvalue weighted by Crippen LogP contribution is 2.25. The summed E-state index contributed by atoms with van der Waals surface area (Å²) < 4.78 is 3.27. The number of carbonyl (C=O) groups is 1. The summed E-state index contributed by atoms with van der Waals surface area (Å²) in [5, 5.41) is 3.07. The Labute approximate surface area is 179 Å². The first kappa shape index (κ1) is 20.5. The lowest BCUT2D eigenvalue weighted by atomic mass is 10.1. The molecule has 1 fully saturated rings. The van der Waals surface area contributed by atoms with Gasteiger partial charge in [-0.15, -0.1) is 5.92 Å². The summed E-state index contributed by atoms with van der Waals surface area (Å²) >= 11 is 0. The Morgan fingerprint density at radius 3 is 2.65 bits per heavy atom. The number of nitrogens with one attached hydrogen (secondary N) is 1. The van der Waals surface area contributed by atoms with Crippen molar-refractivity contribution in [3.8, 4) is 11.8 Å². The van der Waals surface area contributed by atoms with E-state index >= 15 is 0 Å². The number of rotatable bonds is 5. The van der Waals surface area contributed by atoms with Crippen molar-refractivity contribution < 1.29 is 4.79 Å². The number of amides is 1. The van der Waals surface area contributed by atoms with Gasteiger partial charge in [-0.2, -0.15) is 9.97 Å². The molecule has 2 aromatic heterocycles. The highest BCUT2D eigenvalue weighted by molar-refractivity contribution is 5.99. The second-order valence-corrected chi connectivity index (χ2v) is 7.48. The second kappa shape index (κ2) is 8.52. The van der Waals surface area contributed by atoms with Crippen LogP contribution in [0.5, 0.6) is 0 Å². The average molecular weight is 419 g/mol. The lowest BCUT2D eigenvalue weighted by molar-refractivity contribution is 0.100. The lowest BCUT2D eigenvalue weighted by Gasteiger charge is -2.27. The smallest absolute Gasteiger partial charge is 0.281 e. The summed E-state index contributed by atoms with van der Waals surface area (Å²) in [6.07, 6.45) is 3.37. The first-order chi connectivity index (χ1) is 15.0. The van der Waals surface area contributed by atoms with E-state index in [1.165, 1.54) is 11.0 Å². The van der Waals surface area contributed by atoms with E-state index in [4.69, 9.17) is 10.7 Å². The number of primary amides is 1. The van der Waals surface area contributed by atoms with Gasteiger partial charge in [0.1, 0.15) is 0 Å². The summed E-state index contributed by atoms with van der Waals surface area (Å²) in [6.45, 7) is 3.92. The molecule has 3 aromatic rings. The van der Waals surface area contributed by atoms with E-state index < -0.39 is 5.91 Å². The minimum absolute atomic E-state index is 0.238. The molecule has 3 heterocycles. The van der Waals surface area contributed by atoms with Crippen LogP contribution in [-0.4, -0.2) is 38.1 Å². The van der Waals surface area contributed by atoms with Crippen LogP contribution in [0.15, 0.2) is 29.1 Å². The number of hydrogen-bond acceptors (Lipinski definition) is 6. The van der Waals surface area contributed by atoms with Gasteiger partial charge < -0.3 is 16.0 Å². The summed E-state index contributed by atoms with van der Waals surface area (Å²) in [5.41, 5.74) is 6.79. The standard InChI is InChI=1S/C22H25N7O2/c1-3-4-14-29-17-19(26-22(29)28-12-8-5-9-13-28)25-21(27(2)20(17)31)24-16-11-7-6-10-15(16)18(23)30/h6-7,10-11H,5,8-9,12-14H2,1-2H3,(H2,23,30)(H,24,25). The number of aromatic nitrogens is 4. The zero-order valence-corrected chi connectivity index (χ0v) is 17.7. The number of para-hydroxylation sites is 1. The average Bonchev–Trinajstić information content (AvgIpc) is 3.15. The molecule has 1 amide bonds. The van der Waals surface area contributed by atoms with Gasteiger partial charge in [-0.05, 0) is 38.3 Å². The summed E-state index contributed by atoms with van der Waals surface area (Å²) in [7, 11) is 1.63. The fraction of sp³-hybridized carbons (Fsp3) is 0.364. The predicted molar refractivity (Wildman–Crippen MR) is 121 cm³/mol. The number of hydrogen-bond donors (Lipinski definition) is 2. The van der Waals surface area contributed by atoms with Gasteiger partial charge in [0.05, 0.1) is 17.8 Å². The molecule has 0 atom stereocenters. The van der Waals surface area contributed by atoms with Crippen LogP contribution in [0.3, 0.4) is 0 Å². The monoisotopic (exact) mass is 419 g/mol. The number of fused-ring (bicyclic) bond motifs is 1. The topological polar surface area (TPSA) is 111 Å². The Hall–Kier alpha value is -3.80. The van der Waals surface area contributed by atoms with Gasteiger partial charge >= 0.3 is 0 Å². The molecule has 0 unspecified atom stereocenters. The number of nitrogens with zero attached hydrogens (tertiary/aromatic N) is 5. The minimum atomic E-state index is -0.566. The van der Waals surface area contributed by atoms with E-state index in [2.05, 4.69) is 27.0 Å². The van der Waals surface area contributed by atoms with Crippen molar-refractivity contribution in [1.82, 2.24) is 19.1 Å². The molecule has 1 saturated heterocycles. The number of benzene rings is 1. The van der Waals surface area contributed by atoms with E-state index in [0.29, 0.717) is 29.0 Å². The van der Waals surface area contributed by atoms with E-state index in [9.17, 15) is 9.59 Å². The molecule has 31 heavy (non-hydrogen) atoms. The normalized spacial score (nSPS) is 13.7. The Morgan fingerprint density at radius 1 is 1.19 bits per heavy atom. The number of piperidine rings is 1. The largest absolute Gasteiger partial charge is 0.366 e. The van der Waals surface area contributed by atoms with Gasteiger partial charge in [0, 0.05) is 20.1 Å². The summed E-state index contributed by atoms with van der Waals surface area (Å²) in [5.74, 6) is 6.37. The van der Waals surface area contributed by atoms with Crippen molar-refractivity contribution in [2.45, 2.75) is 32.7 Å². The molecule has 160 valence electrons. The van der Waals surface area contributed by atoms with E-state index in [-0.39, 0.29) is 11.5 Å². The lowest BCUT2D eigenvalue weighted by Crippen LogP contribution is -2.32. The fourth-order valence-corrected chi connectivity index (χ4v) is 3.83. The third-order valence-electron chi connectivity index (χ3n) is 5.46. The maximum absolute atomic E-state index is 13.3. The van der Waals surface area contributed by atoms with Crippen LogP contribution in [0, 0.1) is 11.8 Å². The molecule has 0 bridgehead atoms. The Kier molecular flexibility index (Phi) is 5.62. The predicted octanol–water partition coefficient (Wildman–Crippen LogP) is 1.99. The zero-order chi connectivity index (χ0) is 22.0. The maximum Gasteiger partial charge on any atom is 0.281 e. The molecule has 4 rings (SSSR count). The van der Waals surface area contributed by atoms with Gasteiger partial charge in [0.2, 0.25) is 11.9 Å². The van der Waals surface area contributed by atoms with E-state index in [1.807, 2.05) is 4.57 Å². The first-order valence-electron chi connectivity index (χ1n) is 10.3. The number of nitrogens with two attached hydrogens (primary N) is 1. The molecule has 3 N–H and O–H groups in total. The van der Waals surface area contributed by atoms with Crippen LogP contribution >= 0.6 is 0 Å². The Bertz CT molecular complexity index is 1260. The first-order valence-corrected chi connectivity index (χ1v) is 10.3. The van der Waals surface area contributed by atoms with Crippen molar-refractivity contribution in [3.05, 3.63) is 40.2 Å². The van der Waals surface area contributed by atoms with Crippen molar-refractivity contribution in [3.63, 3.8) is 0 Å². The van der Waals surface area contributed by atoms with E-state index in [0.717, 1.165) is 31.9 Å². The molecular weight excluding hydrogens is 394 g/mol. The van der Waals surface area contributed by atoms with Crippen LogP contribution in [0.25, 0.3) is 11.2 Å². The molecular formula is C22H25N7O2. The second-order valence-electron chi connectivity index (χ2n) is 7.48. The van der Waals surface area contributed by atoms with Crippen molar-refractivity contribution in [2.24, 2.45) is 12.8 Å². The van der Waals surface area contributed by atoms with Crippen LogP contribution in [-0.2, 0) is 13.6 Å². The highest BCUT2D eigenvalue weighted by Gasteiger charge is 2.23. The van der Waals surface area contributed by atoms with Crippen molar-refractivity contribution >= 4 is 34.7 Å². The van der Waals surface area contributed by atoms with Crippen molar-refractivity contribution in [1.29, 1.82) is 0 Å². The maximum atomic E-state index is 13.3. The van der Waals surface area contributed by atoms with Gasteiger partial charge in [-0.25, -0.2) is 0 Å². The molecule has 9 heteroatoms. The molecule has 1 aliphatic heterocycles.